The molecule has 4 nitrogen and oxygen atoms in total. The van der Waals surface area contributed by atoms with Crippen LogP contribution < -0.4 is 4.74 Å². The number of nitrogens with zero attached hydrogens (tertiary/aromatic N) is 1. The van der Waals surface area contributed by atoms with Crippen LogP contribution in [0.15, 0.2) is 24.3 Å². The molecule has 0 N–H and O–H groups in total. The third-order valence-corrected chi connectivity index (χ3v) is 2.97. The van der Waals surface area contributed by atoms with E-state index in [4.69, 9.17) is 9.47 Å². The largest absolute Gasteiger partial charge is 0.494 e. The Morgan fingerprint density at radius 1 is 1.26 bits per heavy atom. The van der Waals surface area contributed by atoms with Crippen molar-refractivity contribution in [2.24, 2.45) is 7.05 Å². The van der Waals surface area contributed by atoms with Gasteiger partial charge in [0.2, 0.25) is 0 Å². The highest BCUT2D eigenvalue weighted by atomic mass is 16.5. The van der Waals surface area contributed by atoms with E-state index in [1.807, 2.05) is 35.9 Å². The molecule has 0 bridgehead atoms. The van der Waals surface area contributed by atoms with E-state index in [-0.39, 0.29) is 5.97 Å². The maximum Gasteiger partial charge on any atom is 0.354 e. The second-order valence-electron chi connectivity index (χ2n) is 4.38. The average Bonchev–Trinajstić information content (AvgIpc) is 2.74. The number of carbonyl (C=O) groups excluding carboxylic acids is 1. The zero-order chi connectivity index (χ0) is 13.8. The third kappa shape index (κ3) is 2.72. The summed E-state index contributed by atoms with van der Waals surface area (Å²) in [5.41, 5.74) is 1.55. The van der Waals surface area contributed by atoms with Crippen LogP contribution >= 0.6 is 0 Å². The van der Waals surface area contributed by atoms with E-state index in [2.05, 4.69) is 6.92 Å². The Bertz CT molecular complexity index is 586. The Hall–Kier alpha value is -1.97. The number of ether oxygens (including phenoxy) is 2. The Labute approximate surface area is 112 Å². The predicted molar refractivity (Wildman–Crippen MR) is 74.7 cm³/mol. The number of fused-ring (bicyclic) bond motifs is 1. The second kappa shape index (κ2) is 5.78. The molecule has 0 saturated carbocycles. The number of carbonyl (C=O) groups is 1. The Morgan fingerprint density at radius 2 is 2.05 bits per heavy atom. The van der Waals surface area contributed by atoms with Crippen LogP contribution in [0.2, 0.25) is 0 Å². The summed E-state index contributed by atoms with van der Waals surface area (Å²) in [6.07, 6.45) is 0.973. The average molecular weight is 261 g/mol. The molecule has 0 aliphatic carbocycles. The van der Waals surface area contributed by atoms with Gasteiger partial charge in [-0.15, -0.1) is 0 Å². The maximum absolute atomic E-state index is 11.8. The number of aryl methyl sites for hydroxylation is 1. The fraction of sp³-hybridized carbons (Fsp3) is 0.400. The number of benzene rings is 1. The minimum Gasteiger partial charge on any atom is -0.494 e. The molecule has 0 saturated heterocycles. The first-order valence-electron chi connectivity index (χ1n) is 6.56. The van der Waals surface area contributed by atoms with Gasteiger partial charge in [0, 0.05) is 18.0 Å². The zero-order valence-corrected chi connectivity index (χ0v) is 11.6. The molecule has 4 heteroatoms. The molecule has 0 amide bonds. The number of rotatable bonds is 5. The van der Waals surface area contributed by atoms with Gasteiger partial charge in [0.05, 0.1) is 13.2 Å². The summed E-state index contributed by atoms with van der Waals surface area (Å²) in [5.74, 6) is 0.535. The molecule has 1 aromatic heterocycles. The van der Waals surface area contributed by atoms with Gasteiger partial charge in [-0.25, -0.2) is 4.79 Å². The van der Waals surface area contributed by atoms with Crippen LogP contribution in [0, 0.1) is 0 Å². The van der Waals surface area contributed by atoms with Crippen LogP contribution in [0.1, 0.15) is 30.8 Å². The Balaban J connectivity index is 2.36. The number of aromatic nitrogens is 1. The smallest absolute Gasteiger partial charge is 0.354 e. The van der Waals surface area contributed by atoms with E-state index in [9.17, 15) is 4.79 Å². The van der Waals surface area contributed by atoms with Crippen molar-refractivity contribution >= 4 is 16.9 Å². The van der Waals surface area contributed by atoms with Crippen molar-refractivity contribution in [3.63, 3.8) is 0 Å². The van der Waals surface area contributed by atoms with E-state index in [0.29, 0.717) is 18.9 Å². The first kappa shape index (κ1) is 13.5. The van der Waals surface area contributed by atoms with E-state index < -0.39 is 0 Å². The molecule has 0 aliphatic heterocycles. The SMILES string of the molecule is CCCOc1ccc2c(c1)cc(C(=O)OCC)n2C. The molecule has 2 rings (SSSR count). The lowest BCUT2D eigenvalue weighted by atomic mass is 10.2. The fourth-order valence-electron chi connectivity index (χ4n) is 2.04. The normalized spacial score (nSPS) is 10.7. The number of hydrogen-bond donors (Lipinski definition) is 0. The lowest BCUT2D eigenvalue weighted by molar-refractivity contribution is 0.0516. The third-order valence-electron chi connectivity index (χ3n) is 2.97. The van der Waals surface area contributed by atoms with Gasteiger partial charge in [0.25, 0.3) is 0 Å². The summed E-state index contributed by atoms with van der Waals surface area (Å²) >= 11 is 0. The lowest BCUT2D eigenvalue weighted by Crippen LogP contribution is -2.09. The van der Waals surface area contributed by atoms with Crippen molar-refractivity contribution in [3.05, 3.63) is 30.0 Å². The van der Waals surface area contributed by atoms with Crippen LogP contribution in [0.25, 0.3) is 10.9 Å². The van der Waals surface area contributed by atoms with Crippen LogP contribution in [-0.2, 0) is 11.8 Å². The summed E-state index contributed by atoms with van der Waals surface area (Å²) < 4.78 is 12.5. The van der Waals surface area contributed by atoms with Crippen molar-refractivity contribution in [1.82, 2.24) is 4.57 Å². The summed E-state index contributed by atoms with van der Waals surface area (Å²) in [6, 6.07) is 7.68. The standard InChI is InChI=1S/C15H19NO3/c1-4-8-19-12-6-7-13-11(9-12)10-14(16(13)3)15(17)18-5-2/h6-7,9-10H,4-5,8H2,1-3H3. The van der Waals surface area contributed by atoms with Crippen molar-refractivity contribution < 1.29 is 14.3 Å². The summed E-state index contributed by atoms with van der Waals surface area (Å²) in [6.45, 7) is 4.95. The molecule has 102 valence electrons. The van der Waals surface area contributed by atoms with E-state index in [1.54, 1.807) is 6.92 Å². The fourth-order valence-corrected chi connectivity index (χ4v) is 2.04. The van der Waals surface area contributed by atoms with Gasteiger partial charge >= 0.3 is 5.97 Å². The highest BCUT2D eigenvalue weighted by molar-refractivity contribution is 5.96. The van der Waals surface area contributed by atoms with Gasteiger partial charge in [-0.1, -0.05) is 6.92 Å². The molecule has 0 fully saturated rings. The van der Waals surface area contributed by atoms with E-state index >= 15 is 0 Å². The molecular weight excluding hydrogens is 242 g/mol. The molecule has 19 heavy (non-hydrogen) atoms. The van der Waals surface area contributed by atoms with Gasteiger partial charge in [-0.3, -0.25) is 0 Å². The Morgan fingerprint density at radius 3 is 2.74 bits per heavy atom. The molecule has 0 aliphatic rings. The minimum atomic E-state index is -0.294. The molecule has 0 spiro atoms. The van der Waals surface area contributed by atoms with Crippen LogP contribution in [-0.4, -0.2) is 23.8 Å². The quantitative estimate of drug-likeness (QED) is 0.776. The first-order valence-corrected chi connectivity index (χ1v) is 6.56. The van der Waals surface area contributed by atoms with Crippen LogP contribution in [0.4, 0.5) is 0 Å². The van der Waals surface area contributed by atoms with Crippen molar-refractivity contribution in [2.45, 2.75) is 20.3 Å². The highest BCUT2D eigenvalue weighted by Crippen LogP contribution is 2.24. The van der Waals surface area contributed by atoms with Gasteiger partial charge in [-0.2, -0.15) is 0 Å². The van der Waals surface area contributed by atoms with Gasteiger partial charge in [0.15, 0.2) is 0 Å². The molecule has 0 atom stereocenters. The van der Waals surface area contributed by atoms with Crippen LogP contribution in [0.3, 0.4) is 0 Å². The second-order valence-corrected chi connectivity index (χ2v) is 4.38. The highest BCUT2D eigenvalue weighted by Gasteiger charge is 2.14. The van der Waals surface area contributed by atoms with Gasteiger partial charge in [0.1, 0.15) is 11.4 Å². The predicted octanol–water partition coefficient (Wildman–Crippen LogP) is 3.14. The maximum atomic E-state index is 11.8. The molecule has 1 heterocycles. The molecule has 1 aromatic carbocycles. The zero-order valence-electron chi connectivity index (χ0n) is 11.6. The van der Waals surface area contributed by atoms with Gasteiger partial charge < -0.3 is 14.0 Å². The Kier molecular flexibility index (Phi) is 4.10. The molecular formula is C15H19NO3. The topological polar surface area (TPSA) is 40.5 Å². The van der Waals surface area contributed by atoms with Crippen molar-refractivity contribution in [2.75, 3.05) is 13.2 Å². The summed E-state index contributed by atoms with van der Waals surface area (Å²) in [5, 5.41) is 0.985. The van der Waals surface area contributed by atoms with E-state index in [0.717, 1.165) is 23.1 Å². The molecule has 0 unspecified atom stereocenters. The number of esters is 1. The van der Waals surface area contributed by atoms with Crippen molar-refractivity contribution in [3.8, 4) is 5.75 Å². The minimum absolute atomic E-state index is 0.294. The summed E-state index contributed by atoms with van der Waals surface area (Å²) in [7, 11) is 1.86. The van der Waals surface area contributed by atoms with Gasteiger partial charge in [-0.05, 0) is 37.6 Å². The monoisotopic (exact) mass is 261 g/mol. The van der Waals surface area contributed by atoms with Crippen molar-refractivity contribution in [1.29, 1.82) is 0 Å². The first-order chi connectivity index (χ1) is 9.17. The lowest BCUT2D eigenvalue weighted by Gasteiger charge is -2.05. The molecule has 2 aromatic rings. The summed E-state index contributed by atoms with van der Waals surface area (Å²) in [4.78, 5) is 11.8. The molecule has 0 radical (unpaired) electrons. The van der Waals surface area contributed by atoms with Crippen LogP contribution in [0.5, 0.6) is 5.75 Å². The number of hydrogen-bond acceptors (Lipinski definition) is 3. The van der Waals surface area contributed by atoms with E-state index in [1.165, 1.54) is 0 Å².